The third kappa shape index (κ3) is 4.15. The van der Waals surface area contributed by atoms with Gasteiger partial charge in [-0.2, -0.15) is 9.49 Å². The molecule has 38 heavy (non-hydrogen) atoms. The van der Waals surface area contributed by atoms with Crippen molar-refractivity contribution in [3.8, 4) is 11.3 Å². The molecule has 1 saturated carbocycles. The number of aryl methyl sites for hydroxylation is 1. The van der Waals surface area contributed by atoms with Crippen molar-refractivity contribution in [1.82, 2.24) is 35.5 Å². The molecule has 2 fully saturated rings. The Hall–Kier alpha value is -3.38. The zero-order chi connectivity index (χ0) is 26.8. The molecule has 2 aliphatic rings. The molecule has 5 heterocycles. The molecule has 1 unspecified atom stereocenters. The van der Waals surface area contributed by atoms with Gasteiger partial charge in [0.15, 0.2) is 0 Å². The van der Waals surface area contributed by atoms with Crippen molar-refractivity contribution in [3.05, 3.63) is 45.5 Å². The van der Waals surface area contributed by atoms with Crippen LogP contribution in [0.15, 0.2) is 23.8 Å². The number of hydrogen-bond acceptors (Lipinski definition) is 9. The first kappa shape index (κ1) is 24.9. The molecule has 1 aliphatic carbocycles. The van der Waals surface area contributed by atoms with Crippen LogP contribution in [0, 0.1) is 24.7 Å². The molecule has 1 saturated heterocycles. The van der Waals surface area contributed by atoms with E-state index in [9.17, 15) is 9.18 Å². The molecule has 2 N–H and O–H groups in total. The number of anilines is 1. The number of alkyl carbamates (subject to hydrolysis) is 1. The molecule has 0 spiro atoms. The first-order chi connectivity index (χ1) is 18.1. The lowest BCUT2D eigenvalue weighted by atomic mass is 10.0. The minimum absolute atomic E-state index is 0.0997. The number of halogens is 2. The summed E-state index contributed by atoms with van der Waals surface area (Å²) in [4.78, 5) is 32.3. The van der Waals surface area contributed by atoms with Crippen LogP contribution in [0.5, 0.6) is 0 Å². The highest BCUT2D eigenvalue weighted by Crippen LogP contribution is 2.64. The average molecular weight is 557 g/mol. The van der Waals surface area contributed by atoms with Gasteiger partial charge >= 0.3 is 6.09 Å². The number of nitrogens with zero attached hydrogens (tertiary/aromatic N) is 6. The Morgan fingerprint density at radius 2 is 2.08 bits per heavy atom. The van der Waals surface area contributed by atoms with E-state index in [2.05, 4.69) is 30.4 Å². The number of aromatic nitrogens is 6. The summed E-state index contributed by atoms with van der Waals surface area (Å²) in [7, 11) is 0. The molecule has 4 aromatic rings. The van der Waals surface area contributed by atoms with Gasteiger partial charge in [0.1, 0.15) is 27.0 Å². The van der Waals surface area contributed by atoms with Crippen molar-refractivity contribution in [3.63, 3.8) is 0 Å². The number of ether oxygens (including phenoxy) is 1. The van der Waals surface area contributed by atoms with E-state index in [-0.39, 0.29) is 10.4 Å². The van der Waals surface area contributed by atoms with Crippen LogP contribution in [-0.2, 0) is 10.2 Å². The molecular formula is C25H26ClFN8O2S. The van der Waals surface area contributed by atoms with E-state index in [1.165, 1.54) is 6.20 Å². The molecule has 4 aromatic heterocycles. The first-order valence-corrected chi connectivity index (χ1v) is 13.5. The van der Waals surface area contributed by atoms with E-state index in [1.54, 1.807) is 23.6 Å². The van der Waals surface area contributed by atoms with E-state index in [0.29, 0.717) is 46.6 Å². The number of pyridine rings is 1. The molecule has 1 amide bonds. The fraction of sp³-hybridized carbons (Fsp3) is 0.440. The zero-order valence-corrected chi connectivity index (χ0v) is 22.8. The normalized spacial score (nSPS) is 22.5. The van der Waals surface area contributed by atoms with Gasteiger partial charge in [0.25, 0.3) is 0 Å². The van der Waals surface area contributed by atoms with E-state index in [0.717, 1.165) is 23.8 Å². The van der Waals surface area contributed by atoms with Crippen LogP contribution in [0.2, 0.25) is 5.02 Å². The van der Waals surface area contributed by atoms with Crippen molar-refractivity contribution in [2.24, 2.45) is 11.8 Å². The minimum atomic E-state index is -0.757. The molecule has 198 valence electrons. The quantitative estimate of drug-likeness (QED) is 0.345. The Kier molecular flexibility index (Phi) is 5.80. The highest BCUT2D eigenvalue weighted by Gasteiger charge is 2.70. The number of carbonyl (C=O) groups excluding carboxylic acids is 1. The first-order valence-electron chi connectivity index (χ1n) is 12.2. The second-order valence-corrected chi connectivity index (χ2v) is 12.0. The Morgan fingerprint density at radius 3 is 2.76 bits per heavy atom. The predicted molar refractivity (Wildman–Crippen MR) is 142 cm³/mol. The largest absolute Gasteiger partial charge is 0.444 e. The summed E-state index contributed by atoms with van der Waals surface area (Å²) in [6.07, 6.45) is 2.62. The lowest BCUT2D eigenvalue weighted by Gasteiger charge is -2.27. The number of nitrogens with one attached hydrogen (secondary N) is 2. The molecular weight excluding hydrogens is 531 g/mol. The fourth-order valence-corrected chi connectivity index (χ4v) is 6.75. The summed E-state index contributed by atoms with van der Waals surface area (Å²) in [5.41, 5.74) is 2.01. The zero-order valence-electron chi connectivity index (χ0n) is 21.2. The van der Waals surface area contributed by atoms with Gasteiger partial charge < -0.3 is 15.0 Å². The van der Waals surface area contributed by atoms with Crippen LogP contribution in [0.4, 0.5) is 15.0 Å². The molecule has 0 aromatic carbocycles. The van der Waals surface area contributed by atoms with Crippen LogP contribution in [-0.4, -0.2) is 61.5 Å². The minimum Gasteiger partial charge on any atom is -0.444 e. The number of amides is 1. The number of carbonyl (C=O) groups is 1. The van der Waals surface area contributed by atoms with Gasteiger partial charge in [-0.1, -0.05) is 11.6 Å². The molecule has 13 heteroatoms. The lowest BCUT2D eigenvalue weighted by molar-refractivity contribution is 0.0520. The number of fused-ring (bicyclic) bond motifs is 2. The maximum atomic E-state index is 13.9. The number of piperidine rings is 1. The van der Waals surface area contributed by atoms with Gasteiger partial charge in [-0.05, 0) is 45.6 Å². The number of aromatic amines is 1. The van der Waals surface area contributed by atoms with E-state index >= 15 is 0 Å². The van der Waals surface area contributed by atoms with Crippen molar-refractivity contribution in [1.29, 1.82) is 0 Å². The van der Waals surface area contributed by atoms with Crippen LogP contribution < -0.4 is 10.2 Å². The average Bonchev–Trinajstić information content (AvgIpc) is 3.35. The Morgan fingerprint density at radius 1 is 1.32 bits per heavy atom. The third-order valence-corrected chi connectivity index (χ3v) is 8.68. The summed E-state index contributed by atoms with van der Waals surface area (Å²) in [5, 5.41) is 13.1. The maximum absolute atomic E-state index is 13.9. The maximum Gasteiger partial charge on any atom is 0.407 e. The number of hydrogen-bond donors (Lipinski definition) is 2. The molecule has 10 nitrogen and oxygen atoms in total. The Bertz CT molecular complexity index is 1540. The Labute approximate surface area is 227 Å². The summed E-state index contributed by atoms with van der Waals surface area (Å²) in [6, 6.07) is 1.60. The van der Waals surface area contributed by atoms with Crippen LogP contribution >= 0.6 is 22.9 Å². The van der Waals surface area contributed by atoms with E-state index in [4.69, 9.17) is 26.3 Å². The van der Waals surface area contributed by atoms with Gasteiger partial charge in [0, 0.05) is 47.9 Å². The highest BCUT2D eigenvalue weighted by atomic mass is 35.5. The van der Waals surface area contributed by atoms with Crippen molar-refractivity contribution in [2.75, 3.05) is 24.5 Å². The topological polar surface area (TPSA) is 122 Å². The van der Waals surface area contributed by atoms with Crippen LogP contribution in [0.25, 0.3) is 22.4 Å². The van der Waals surface area contributed by atoms with E-state index in [1.807, 2.05) is 33.1 Å². The predicted octanol–water partition coefficient (Wildman–Crippen LogP) is 4.50. The van der Waals surface area contributed by atoms with E-state index < -0.39 is 17.6 Å². The smallest absolute Gasteiger partial charge is 0.407 e. The third-order valence-electron chi connectivity index (χ3n) is 7.17. The second-order valence-electron chi connectivity index (χ2n) is 10.8. The van der Waals surface area contributed by atoms with Gasteiger partial charge in [-0.3, -0.25) is 5.10 Å². The van der Waals surface area contributed by atoms with Crippen molar-refractivity contribution in [2.45, 2.75) is 38.7 Å². The van der Waals surface area contributed by atoms with Crippen molar-refractivity contribution >= 4 is 46.0 Å². The van der Waals surface area contributed by atoms with Gasteiger partial charge in [0.05, 0.1) is 11.9 Å². The van der Waals surface area contributed by atoms with Gasteiger partial charge in [0.2, 0.25) is 11.6 Å². The summed E-state index contributed by atoms with van der Waals surface area (Å²) in [5.74, 6) is 0.551. The Balaban J connectivity index is 1.22. The monoisotopic (exact) mass is 556 g/mol. The van der Waals surface area contributed by atoms with Crippen molar-refractivity contribution < 1.29 is 13.9 Å². The molecule has 6 rings (SSSR count). The number of rotatable bonds is 5. The molecule has 3 atom stereocenters. The van der Waals surface area contributed by atoms with Crippen LogP contribution in [0.3, 0.4) is 0 Å². The summed E-state index contributed by atoms with van der Waals surface area (Å²) in [6.45, 7) is 9.49. The van der Waals surface area contributed by atoms with Crippen LogP contribution in [0.1, 0.15) is 31.5 Å². The number of thiazole rings is 1. The molecule has 0 radical (unpaired) electrons. The SMILES string of the molecule is Cc1csc(C2(CNC(=O)OC(C)(C)C)[C@@H]3CN(c4cnc5c(-c6ccnc(F)c6Cl)[nH]nc5n4)C[C@@H]32)n1. The van der Waals surface area contributed by atoms with Gasteiger partial charge in [-0.15, -0.1) is 11.3 Å². The molecule has 1 aliphatic heterocycles. The fourth-order valence-electron chi connectivity index (χ4n) is 5.41. The number of H-pyrrole nitrogens is 1. The standard InChI is InChI=1S/C25H26ClFN8O2S/c1-12-10-38-22(31-12)25(11-30-23(36)37-24(2,3)4)14-8-35(9-15(14)25)16-7-29-19-18(33-34-21(19)32-16)13-5-6-28-20(27)17(13)26/h5-7,10,14-15H,8-9,11H2,1-4H3,(H,30,36)(H,32,33,34)/t14-,15+,25?. The highest BCUT2D eigenvalue weighted by molar-refractivity contribution is 7.09. The van der Waals surface area contributed by atoms with Gasteiger partial charge in [-0.25, -0.2) is 24.7 Å². The second kappa shape index (κ2) is 8.84. The summed E-state index contributed by atoms with van der Waals surface area (Å²) >= 11 is 7.75. The molecule has 0 bridgehead atoms. The summed E-state index contributed by atoms with van der Waals surface area (Å²) < 4.78 is 19.3. The lowest BCUT2D eigenvalue weighted by Crippen LogP contribution is -2.41.